The maximum absolute atomic E-state index is 11.0. The molecule has 2 N–H and O–H groups in total. The van der Waals surface area contributed by atoms with Gasteiger partial charge in [0.15, 0.2) is 0 Å². The van der Waals surface area contributed by atoms with Gasteiger partial charge in [0.05, 0.1) is 11.6 Å². The Kier molecular flexibility index (Phi) is 4.78. The van der Waals surface area contributed by atoms with Crippen LogP contribution in [0.1, 0.15) is 43.0 Å². The molecule has 0 fully saturated rings. The molecule has 0 spiro atoms. The van der Waals surface area contributed by atoms with Crippen molar-refractivity contribution in [1.29, 1.82) is 5.26 Å². The number of aryl methyl sites for hydroxylation is 2. The maximum Gasteiger partial charge on any atom is 0.404 e. The third-order valence-electron chi connectivity index (χ3n) is 3.58. The lowest BCUT2D eigenvalue weighted by Crippen LogP contribution is -2.44. The minimum Gasteiger partial charge on any atom is -0.465 e. The van der Waals surface area contributed by atoms with Crippen molar-refractivity contribution < 1.29 is 9.90 Å². The zero-order valence-electron chi connectivity index (χ0n) is 12.7. The average Bonchev–Trinajstić information content (AvgIpc) is 2.30. The van der Waals surface area contributed by atoms with E-state index in [9.17, 15) is 4.79 Å². The summed E-state index contributed by atoms with van der Waals surface area (Å²) in [5, 5.41) is 20.6. The number of rotatable bonds is 3. The van der Waals surface area contributed by atoms with Crippen LogP contribution in [0.15, 0.2) is 12.1 Å². The molecule has 1 amide bonds. The molecule has 0 saturated heterocycles. The van der Waals surface area contributed by atoms with Crippen molar-refractivity contribution in [3.05, 3.63) is 34.4 Å². The predicted octanol–water partition coefficient (Wildman–Crippen LogP) is 3.40. The summed E-state index contributed by atoms with van der Waals surface area (Å²) in [7, 11) is 0. The fraction of sp³-hybridized carbons (Fsp3) is 0.500. The molecule has 0 aromatic heterocycles. The lowest BCUT2D eigenvalue weighted by Gasteiger charge is -2.31. The summed E-state index contributed by atoms with van der Waals surface area (Å²) in [6.07, 6.45) is -0.381. The van der Waals surface area contributed by atoms with Crippen LogP contribution in [0.5, 0.6) is 0 Å². The Morgan fingerprint density at radius 3 is 2.20 bits per heavy atom. The van der Waals surface area contributed by atoms with Crippen molar-refractivity contribution in [2.24, 2.45) is 5.41 Å². The Morgan fingerprint density at radius 2 is 1.85 bits per heavy atom. The highest BCUT2D eigenvalue weighted by Crippen LogP contribution is 2.26. The molecule has 4 nitrogen and oxygen atoms in total. The van der Waals surface area contributed by atoms with Gasteiger partial charge in [-0.05, 0) is 54.5 Å². The SMILES string of the molecule is Cc1cc(C#N)cc(C)c1CC(NC(=O)O)C(C)(C)C. The summed E-state index contributed by atoms with van der Waals surface area (Å²) >= 11 is 0. The van der Waals surface area contributed by atoms with Gasteiger partial charge in [0.1, 0.15) is 0 Å². The van der Waals surface area contributed by atoms with E-state index < -0.39 is 6.09 Å². The molecule has 4 heteroatoms. The van der Waals surface area contributed by atoms with Gasteiger partial charge < -0.3 is 10.4 Å². The third kappa shape index (κ3) is 3.99. The number of nitrogens with one attached hydrogen (secondary N) is 1. The number of amides is 1. The Hall–Kier alpha value is -2.02. The molecule has 108 valence electrons. The molecule has 0 aliphatic rings. The molecule has 0 saturated carbocycles. The molecule has 0 heterocycles. The highest BCUT2D eigenvalue weighted by atomic mass is 16.4. The quantitative estimate of drug-likeness (QED) is 0.887. The van der Waals surface area contributed by atoms with E-state index in [4.69, 9.17) is 10.4 Å². The van der Waals surface area contributed by atoms with E-state index in [0.717, 1.165) is 16.7 Å². The first-order valence-electron chi connectivity index (χ1n) is 6.65. The lowest BCUT2D eigenvalue weighted by molar-refractivity contribution is 0.174. The zero-order chi connectivity index (χ0) is 15.5. The second-order valence-corrected chi connectivity index (χ2v) is 6.27. The van der Waals surface area contributed by atoms with Crippen LogP contribution in [0.4, 0.5) is 4.79 Å². The molecule has 1 unspecified atom stereocenters. The number of benzene rings is 1. The van der Waals surface area contributed by atoms with Gasteiger partial charge in [-0.2, -0.15) is 5.26 Å². The smallest absolute Gasteiger partial charge is 0.404 e. The molecule has 1 aromatic rings. The summed E-state index contributed by atoms with van der Waals surface area (Å²) < 4.78 is 0. The standard InChI is InChI=1S/C16H22N2O2/c1-10-6-12(9-17)7-11(2)13(10)8-14(16(3,4)5)18-15(19)20/h6-7,14,18H,8H2,1-5H3,(H,19,20). The van der Waals surface area contributed by atoms with Crippen molar-refractivity contribution in [3.8, 4) is 6.07 Å². The average molecular weight is 274 g/mol. The first-order chi connectivity index (χ1) is 9.15. The molecule has 0 radical (unpaired) electrons. The van der Waals surface area contributed by atoms with Gasteiger partial charge in [-0.1, -0.05) is 20.8 Å². The van der Waals surface area contributed by atoms with Crippen molar-refractivity contribution in [1.82, 2.24) is 5.32 Å². The molecule has 0 aliphatic carbocycles. The third-order valence-corrected chi connectivity index (χ3v) is 3.58. The normalized spacial score (nSPS) is 12.6. The zero-order valence-corrected chi connectivity index (χ0v) is 12.7. The van der Waals surface area contributed by atoms with Crippen LogP contribution >= 0.6 is 0 Å². The number of carboxylic acid groups (broad SMARTS) is 1. The lowest BCUT2D eigenvalue weighted by atomic mass is 9.81. The van der Waals surface area contributed by atoms with Crippen LogP contribution in [-0.2, 0) is 6.42 Å². The Bertz CT molecular complexity index is 528. The molecule has 0 bridgehead atoms. The van der Waals surface area contributed by atoms with E-state index in [0.29, 0.717) is 12.0 Å². The second-order valence-electron chi connectivity index (χ2n) is 6.27. The second kappa shape index (κ2) is 5.96. The Balaban J connectivity index is 3.12. The monoisotopic (exact) mass is 274 g/mol. The Labute approximate surface area is 120 Å². The van der Waals surface area contributed by atoms with E-state index in [1.165, 1.54) is 0 Å². The van der Waals surface area contributed by atoms with E-state index >= 15 is 0 Å². The summed E-state index contributed by atoms with van der Waals surface area (Å²) in [6, 6.07) is 5.67. The summed E-state index contributed by atoms with van der Waals surface area (Å²) in [6.45, 7) is 9.97. The number of carbonyl (C=O) groups is 1. The van der Waals surface area contributed by atoms with Crippen molar-refractivity contribution in [2.75, 3.05) is 0 Å². The van der Waals surface area contributed by atoms with E-state index in [1.54, 1.807) is 0 Å². The molecule has 20 heavy (non-hydrogen) atoms. The topological polar surface area (TPSA) is 73.1 Å². The summed E-state index contributed by atoms with van der Waals surface area (Å²) in [5.41, 5.74) is 3.64. The number of hydrogen-bond donors (Lipinski definition) is 2. The molecule has 1 aromatic carbocycles. The van der Waals surface area contributed by atoms with Crippen LogP contribution in [0, 0.1) is 30.6 Å². The van der Waals surface area contributed by atoms with Gasteiger partial charge >= 0.3 is 6.09 Å². The van der Waals surface area contributed by atoms with E-state index in [-0.39, 0.29) is 11.5 Å². The maximum atomic E-state index is 11.0. The summed E-state index contributed by atoms with van der Waals surface area (Å²) in [4.78, 5) is 11.0. The fourth-order valence-corrected chi connectivity index (χ4v) is 2.31. The molecular weight excluding hydrogens is 252 g/mol. The highest BCUT2D eigenvalue weighted by molar-refractivity contribution is 5.65. The van der Waals surface area contributed by atoms with Crippen LogP contribution in [-0.4, -0.2) is 17.2 Å². The highest BCUT2D eigenvalue weighted by Gasteiger charge is 2.27. The first kappa shape index (κ1) is 16.0. The number of nitrogens with zero attached hydrogens (tertiary/aromatic N) is 1. The van der Waals surface area contributed by atoms with Crippen LogP contribution in [0.25, 0.3) is 0 Å². The first-order valence-corrected chi connectivity index (χ1v) is 6.65. The van der Waals surface area contributed by atoms with Gasteiger partial charge in [-0.3, -0.25) is 0 Å². The number of nitriles is 1. The van der Waals surface area contributed by atoms with E-state index in [2.05, 4.69) is 11.4 Å². The van der Waals surface area contributed by atoms with Gasteiger partial charge in [0.25, 0.3) is 0 Å². The number of hydrogen-bond acceptors (Lipinski definition) is 2. The fourth-order valence-electron chi connectivity index (χ4n) is 2.31. The van der Waals surface area contributed by atoms with Crippen LogP contribution < -0.4 is 5.32 Å². The molecule has 1 atom stereocenters. The van der Waals surface area contributed by atoms with Crippen molar-refractivity contribution in [2.45, 2.75) is 47.1 Å². The van der Waals surface area contributed by atoms with Gasteiger partial charge in [-0.15, -0.1) is 0 Å². The van der Waals surface area contributed by atoms with E-state index in [1.807, 2.05) is 46.8 Å². The minimum atomic E-state index is -1.01. The van der Waals surface area contributed by atoms with Crippen molar-refractivity contribution in [3.63, 3.8) is 0 Å². The van der Waals surface area contributed by atoms with Gasteiger partial charge in [0.2, 0.25) is 0 Å². The van der Waals surface area contributed by atoms with Crippen LogP contribution in [0.2, 0.25) is 0 Å². The van der Waals surface area contributed by atoms with Crippen molar-refractivity contribution >= 4 is 6.09 Å². The minimum absolute atomic E-state index is 0.175. The largest absolute Gasteiger partial charge is 0.465 e. The van der Waals surface area contributed by atoms with Gasteiger partial charge in [-0.25, -0.2) is 4.79 Å². The van der Waals surface area contributed by atoms with Crippen LogP contribution in [0.3, 0.4) is 0 Å². The van der Waals surface area contributed by atoms with Gasteiger partial charge in [0, 0.05) is 6.04 Å². The summed E-state index contributed by atoms with van der Waals surface area (Å²) in [5.74, 6) is 0. The molecule has 1 rings (SSSR count). The predicted molar refractivity (Wildman–Crippen MR) is 78.7 cm³/mol. The Morgan fingerprint density at radius 1 is 1.35 bits per heavy atom. The molecule has 0 aliphatic heterocycles. The molecular formula is C16H22N2O2.